The summed E-state index contributed by atoms with van der Waals surface area (Å²) in [6.45, 7) is 4.44. The Morgan fingerprint density at radius 2 is 1.72 bits per heavy atom. The van der Waals surface area contributed by atoms with Crippen molar-refractivity contribution < 1.29 is 14.3 Å². The monoisotopic (exact) mass is 359 g/mol. The van der Waals surface area contributed by atoms with Crippen LogP contribution < -0.4 is 14.8 Å². The minimum absolute atomic E-state index is 0.0426. The summed E-state index contributed by atoms with van der Waals surface area (Å²) in [5.74, 6) is 2.36. The molecular formula is C20H25NO3S. The molecule has 0 fully saturated rings. The van der Waals surface area contributed by atoms with Crippen molar-refractivity contribution in [2.24, 2.45) is 0 Å². The average molecular weight is 359 g/mol. The van der Waals surface area contributed by atoms with Crippen LogP contribution in [-0.2, 0) is 4.79 Å². The number of carbonyl (C=O) groups excluding carboxylic acids is 1. The molecule has 25 heavy (non-hydrogen) atoms. The maximum Gasteiger partial charge on any atom is 0.221 e. The topological polar surface area (TPSA) is 47.6 Å². The van der Waals surface area contributed by atoms with E-state index in [0.717, 1.165) is 17.3 Å². The molecule has 0 radical (unpaired) electrons. The molecule has 0 spiro atoms. The van der Waals surface area contributed by atoms with E-state index < -0.39 is 0 Å². The highest BCUT2D eigenvalue weighted by atomic mass is 32.2. The highest BCUT2D eigenvalue weighted by molar-refractivity contribution is 7.99. The molecule has 0 saturated heterocycles. The lowest BCUT2D eigenvalue weighted by Crippen LogP contribution is -2.36. The average Bonchev–Trinajstić information content (AvgIpc) is 2.62. The van der Waals surface area contributed by atoms with E-state index in [0.29, 0.717) is 13.0 Å². The van der Waals surface area contributed by atoms with E-state index in [4.69, 9.17) is 9.47 Å². The van der Waals surface area contributed by atoms with Crippen molar-refractivity contribution in [1.29, 1.82) is 0 Å². The fourth-order valence-electron chi connectivity index (χ4n) is 2.18. The number of nitrogens with one attached hydrogen (secondary N) is 1. The van der Waals surface area contributed by atoms with E-state index in [-0.39, 0.29) is 11.9 Å². The molecule has 134 valence electrons. The lowest BCUT2D eigenvalue weighted by atomic mass is 10.2. The molecule has 0 unspecified atom stereocenters. The van der Waals surface area contributed by atoms with Gasteiger partial charge in [0.1, 0.15) is 18.1 Å². The summed E-state index contributed by atoms with van der Waals surface area (Å²) >= 11 is 1.69. The number of benzene rings is 2. The summed E-state index contributed by atoms with van der Waals surface area (Å²) in [4.78, 5) is 13.2. The number of hydrogen-bond acceptors (Lipinski definition) is 4. The highest BCUT2D eigenvalue weighted by Crippen LogP contribution is 2.19. The van der Waals surface area contributed by atoms with Gasteiger partial charge in [-0.1, -0.05) is 17.7 Å². The van der Waals surface area contributed by atoms with Crippen LogP contribution in [0.2, 0.25) is 0 Å². The van der Waals surface area contributed by atoms with Crippen molar-refractivity contribution in [1.82, 2.24) is 5.32 Å². The predicted octanol–water partition coefficient (Wildman–Crippen LogP) is 4.07. The SMILES string of the molecule is COc1ccc(OC[C@H](C)NC(=O)CCSc2ccc(C)cc2)cc1. The zero-order valence-electron chi connectivity index (χ0n) is 15.0. The molecule has 1 amide bonds. The Morgan fingerprint density at radius 1 is 1.08 bits per heavy atom. The Balaban J connectivity index is 1.64. The van der Waals surface area contributed by atoms with Gasteiger partial charge in [0.25, 0.3) is 0 Å². The van der Waals surface area contributed by atoms with Crippen LogP contribution in [0.15, 0.2) is 53.4 Å². The number of rotatable bonds is 9. The maximum absolute atomic E-state index is 12.0. The first-order valence-corrected chi connectivity index (χ1v) is 9.31. The van der Waals surface area contributed by atoms with Crippen LogP contribution in [0.5, 0.6) is 11.5 Å². The number of thioether (sulfide) groups is 1. The van der Waals surface area contributed by atoms with E-state index in [9.17, 15) is 4.79 Å². The molecule has 2 aromatic carbocycles. The van der Waals surface area contributed by atoms with E-state index in [1.165, 1.54) is 10.5 Å². The van der Waals surface area contributed by atoms with Crippen molar-refractivity contribution in [3.8, 4) is 11.5 Å². The lowest BCUT2D eigenvalue weighted by molar-refractivity contribution is -0.121. The van der Waals surface area contributed by atoms with Gasteiger partial charge in [-0.15, -0.1) is 11.8 Å². The summed E-state index contributed by atoms with van der Waals surface area (Å²) in [5, 5.41) is 2.97. The molecule has 1 N–H and O–H groups in total. The summed E-state index contributed by atoms with van der Waals surface area (Å²) < 4.78 is 10.8. The van der Waals surface area contributed by atoms with Crippen molar-refractivity contribution in [2.75, 3.05) is 19.5 Å². The van der Waals surface area contributed by atoms with Gasteiger partial charge in [0, 0.05) is 17.1 Å². The third-order valence-electron chi connectivity index (χ3n) is 3.59. The minimum atomic E-state index is -0.0426. The smallest absolute Gasteiger partial charge is 0.221 e. The number of ether oxygens (including phenoxy) is 2. The largest absolute Gasteiger partial charge is 0.497 e. The van der Waals surface area contributed by atoms with Gasteiger partial charge in [-0.2, -0.15) is 0 Å². The number of hydrogen-bond donors (Lipinski definition) is 1. The lowest BCUT2D eigenvalue weighted by Gasteiger charge is -2.15. The Bertz CT molecular complexity index is 656. The number of carbonyl (C=O) groups is 1. The van der Waals surface area contributed by atoms with Gasteiger partial charge in [-0.25, -0.2) is 0 Å². The summed E-state index contributed by atoms with van der Waals surface area (Å²) in [5.41, 5.74) is 1.24. The second-order valence-corrected chi connectivity index (χ2v) is 7.03. The molecule has 2 rings (SSSR count). The third-order valence-corrected chi connectivity index (χ3v) is 4.60. The van der Waals surface area contributed by atoms with Crippen LogP contribution in [0.1, 0.15) is 18.9 Å². The quantitative estimate of drug-likeness (QED) is 0.686. The van der Waals surface area contributed by atoms with E-state index in [1.807, 2.05) is 31.2 Å². The number of aryl methyl sites for hydroxylation is 1. The van der Waals surface area contributed by atoms with Gasteiger partial charge in [0.2, 0.25) is 5.91 Å². The van der Waals surface area contributed by atoms with Crippen molar-refractivity contribution in [3.63, 3.8) is 0 Å². The molecule has 0 aromatic heterocycles. The van der Waals surface area contributed by atoms with Crippen molar-refractivity contribution in [2.45, 2.75) is 31.2 Å². The fraction of sp³-hybridized carbons (Fsp3) is 0.350. The standard InChI is InChI=1S/C20H25NO3S/c1-15-4-10-19(11-5-15)25-13-12-20(22)21-16(2)14-24-18-8-6-17(23-3)7-9-18/h4-11,16H,12-14H2,1-3H3,(H,21,22)/t16-/m0/s1. The first-order valence-electron chi connectivity index (χ1n) is 8.32. The zero-order chi connectivity index (χ0) is 18.1. The van der Waals surface area contributed by atoms with Crippen LogP contribution in [-0.4, -0.2) is 31.4 Å². The summed E-state index contributed by atoms with van der Waals surface area (Å²) in [6, 6.07) is 15.7. The molecule has 4 nitrogen and oxygen atoms in total. The van der Waals surface area contributed by atoms with Gasteiger partial charge >= 0.3 is 0 Å². The van der Waals surface area contributed by atoms with E-state index in [1.54, 1.807) is 18.9 Å². The minimum Gasteiger partial charge on any atom is -0.497 e. The molecule has 1 atom stereocenters. The molecule has 0 bridgehead atoms. The van der Waals surface area contributed by atoms with Crippen molar-refractivity contribution in [3.05, 3.63) is 54.1 Å². The second kappa shape index (κ2) is 9.99. The first-order chi connectivity index (χ1) is 12.1. The second-order valence-electron chi connectivity index (χ2n) is 5.87. The molecule has 2 aromatic rings. The molecule has 0 aliphatic rings. The van der Waals surface area contributed by atoms with Gasteiger partial charge in [-0.05, 0) is 50.2 Å². The van der Waals surface area contributed by atoms with Crippen molar-refractivity contribution >= 4 is 17.7 Å². The van der Waals surface area contributed by atoms with Gasteiger partial charge in [0.15, 0.2) is 0 Å². The summed E-state index contributed by atoms with van der Waals surface area (Å²) in [6.07, 6.45) is 0.491. The Labute approximate surface area is 153 Å². The van der Waals surface area contributed by atoms with Gasteiger partial charge in [0.05, 0.1) is 13.2 Å². The van der Waals surface area contributed by atoms with Crippen LogP contribution in [0.3, 0.4) is 0 Å². The van der Waals surface area contributed by atoms with Crippen LogP contribution >= 0.6 is 11.8 Å². The number of amides is 1. The molecule has 5 heteroatoms. The molecule has 0 aliphatic carbocycles. The Hall–Kier alpha value is -2.14. The van der Waals surface area contributed by atoms with E-state index in [2.05, 4.69) is 36.5 Å². The predicted molar refractivity (Wildman–Crippen MR) is 103 cm³/mol. The molecule has 0 heterocycles. The Morgan fingerprint density at radius 3 is 2.36 bits per heavy atom. The van der Waals surface area contributed by atoms with Crippen LogP contribution in [0, 0.1) is 6.92 Å². The highest BCUT2D eigenvalue weighted by Gasteiger charge is 2.08. The Kier molecular flexibility index (Phi) is 7.67. The van der Waals surface area contributed by atoms with Crippen LogP contribution in [0.4, 0.5) is 0 Å². The van der Waals surface area contributed by atoms with Gasteiger partial charge < -0.3 is 14.8 Å². The number of methoxy groups -OCH3 is 1. The zero-order valence-corrected chi connectivity index (χ0v) is 15.8. The molecular weight excluding hydrogens is 334 g/mol. The fourth-order valence-corrected chi connectivity index (χ4v) is 3.03. The summed E-state index contributed by atoms with van der Waals surface area (Å²) in [7, 11) is 1.63. The normalized spacial score (nSPS) is 11.6. The maximum atomic E-state index is 12.0. The molecule has 0 aliphatic heterocycles. The van der Waals surface area contributed by atoms with Crippen LogP contribution in [0.25, 0.3) is 0 Å². The van der Waals surface area contributed by atoms with E-state index >= 15 is 0 Å². The first kappa shape index (κ1) is 19.2. The van der Waals surface area contributed by atoms with Gasteiger partial charge in [-0.3, -0.25) is 4.79 Å². The third kappa shape index (κ3) is 7.10. The molecule has 0 saturated carbocycles.